The van der Waals surface area contributed by atoms with E-state index in [-0.39, 0.29) is 35.3 Å². The fraction of sp³-hybridized carbons (Fsp3) is 0.182. The molecule has 0 aliphatic carbocycles. The van der Waals surface area contributed by atoms with Crippen molar-refractivity contribution in [3.05, 3.63) is 42.0 Å². The molecule has 0 radical (unpaired) electrons. The standard InChI is InChI=1S/C11H11.2FH.Hf/c1-2-9-7-10-5-3-4-6-11(10)8-9;;;/h3-8H,2H2,1H3;2*1H;/q-1;;;/p-2. The third-order valence-electron chi connectivity index (χ3n) is 2.09. The van der Waals surface area contributed by atoms with E-state index >= 15 is 0 Å². The summed E-state index contributed by atoms with van der Waals surface area (Å²) in [6.45, 7) is 2.19. The molecule has 0 aliphatic rings. The van der Waals surface area contributed by atoms with Gasteiger partial charge in [0.1, 0.15) is 0 Å². The Bertz CT molecular complexity index is 335. The Labute approximate surface area is 101 Å². The fourth-order valence-electron chi connectivity index (χ4n) is 1.42. The summed E-state index contributed by atoms with van der Waals surface area (Å²) >= 11 is 0. The van der Waals surface area contributed by atoms with Crippen LogP contribution < -0.4 is 9.41 Å². The first-order valence-corrected chi connectivity index (χ1v) is 4.04. The zero-order valence-corrected chi connectivity index (χ0v) is 11.5. The van der Waals surface area contributed by atoms with Gasteiger partial charge in [0.2, 0.25) is 0 Å². The molecule has 0 saturated heterocycles. The fourth-order valence-corrected chi connectivity index (χ4v) is 1.42. The molecule has 0 unspecified atom stereocenters. The van der Waals surface area contributed by atoms with Crippen LogP contribution in [0.4, 0.5) is 0 Å². The van der Waals surface area contributed by atoms with Gasteiger partial charge in [-0.25, -0.2) is 0 Å². The Morgan fingerprint density at radius 2 is 1.79 bits per heavy atom. The van der Waals surface area contributed by atoms with Crippen LogP contribution in [-0.4, -0.2) is 0 Å². The molecule has 0 atom stereocenters. The summed E-state index contributed by atoms with van der Waals surface area (Å²) in [5.41, 5.74) is 1.44. The normalized spacial score (nSPS) is 8.36. The number of fused-ring (bicyclic) bond motifs is 1. The molecule has 0 heterocycles. The molecule has 2 aromatic rings. The molecule has 0 saturated carbocycles. The minimum absolute atomic E-state index is 0. The Kier molecular flexibility index (Phi) is 7.93. The average molecular weight is 360 g/mol. The largest absolute Gasteiger partial charge is 1.00 e. The van der Waals surface area contributed by atoms with E-state index in [1.54, 1.807) is 0 Å². The van der Waals surface area contributed by atoms with Crippen LogP contribution in [0.25, 0.3) is 10.8 Å². The molecule has 0 fully saturated rings. The smallest absolute Gasteiger partial charge is 0 e. The number of rotatable bonds is 1. The van der Waals surface area contributed by atoms with E-state index in [2.05, 4.69) is 43.3 Å². The number of halogens is 2. The zero-order valence-electron chi connectivity index (χ0n) is 7.93. The topological polar surface area (TPSA) is 0 Å². The van der Waals surface area contributed by atoms with Gasteiger partial charge < -0.3 is 9.41 Å². The van der Waals surface area contributed by atoms with Crippen molar-refractivity contribution in [1.29, 1.82) is 0 Å². The maximum atomic E-state index is 2.26. The second-order valence-corrected chi connectivity index (χ2v) is 2.85. The van der Waals surface area contributed by atoms with Crippen LogP contribution in [0.1, 0.15) is 12.5 Å². The van der Waals surface area contributed by atoms with Crippen molar-refractivity contribution in [2.45, 2.75) is 13.3 Å². The predicted octanol–water partition coefficient (Wildman–Crippen LogP) is -2.87. The molecular formula is C11H11F2Hf-3. The zero-order chi connectivity index (χ0) is 7.68. The number of hydrogen-bond donors (Lipinski definition) is 0. The monoisotopic (exact) mass is 361 g/mol. The Balaban J connectivity index is 0. The van der Waals surface area contributed by atoms with Crippen LogP contribution in [0, 0.1) is 0 Å². The van der Waals surface area contributed by atoms with Crippen molar-refractivity contribution < 1.29 is 35.3 Å². The van der Waals surface area contributed by atoms with Gasteiger partial charge >= 0.3 is 0 Å². The van der Waals surface area contributed by atoms with Gasteiger partial charge in [-0.05, 0) is 6.42 Å². The average Bonchev–Trinajstić information content (AvgIpc) is 2.46. The predicted molar refractivity (Wildman–Crippen MR) is 48.9 cm³/mol. The summed E-state index contributed by atoms with van der Waals surface area (Å²) in [5, 5.41) is 2.73. The molecule has 2 rings (SSSR count). The summed E-state index contributed by atoms with van der Waals surface area (Å²) in [4.78, 5) is 0. The number of benzene rings is 1. The summed E-state index contributed by atoms with van der Waals surface area (Å²) in [6, 6.07) is 13.0. The molecule has 0 N–H and O–H groups in total. The van der Waals surface area contributed by atoms with E-state index in [0.29, 0.717) is 0 Å². The quantitative estimate of drug-likeness (QED) is 0.379. The Morgan fingerprint density at radius 3 is 2.36 bits per heavy atom. The van der Waals surface area contributed by atoms with E-state index in [9.17, 15) is 0 Å². The summed E-state index contributed by atoms with van der Waals surface area (Å²) < 4.78 is 0. The van der Waals surface area contributed by atoms with Gasteiger partial charge in [0.25, 0.3) is 0 Å². The molecule has 0 aromatic heterocycles. The SMILES string of the molecule is CCc1cc2ccccc2[cH-]1.[F-].[F-].[Hf]. The maximum Gasteiger partial charge on any atom is 0 e. The number of aryl methyl sites for hydroxylation is 1. The van der Waals surface area contributed by atoms with Crippen molar-refractivity contribution in [2.75, 3.05) is 0 Å². The van der Waals surface area contributed by atoms with E-state index in [0.717, 1.165) is 6.42 Å². The summed E-state index contributed by atoms with van der Waals surface area (Å²) in [6.07, 6.45) is 1.13. The second kappa shape index (κ2) is 6.93. The summed E-state index contributed by atoms with van der Waals surface area (Å²) in [7, 11) is 0. The van der Waals surface area contributed by atoms with E-state index in [4.69, 9.17) is 0 Å². The van der Waals surface area contributed by atoms with Crippen molar-refractivity contribution in [2.24, 2.45) is 0 Å². The third kappa shape index (κ3) is 3.05. The molecule has 0 nitrogen and oxygen atoms in total. The molecular weight excluding hydrogens is 349 g/mol. The van der Waals surface area contributed by atoms with Gasteiger partial charge in [0.15, 0.2) is 0 Å². The van der Waals surface area contributed by atoms with Crippen LogP contribution in [0.5, 0.6) is 0 Å². The van der Waals surface area contributed by atoms with Crippen LogP contribution in [0.15, 0.2) is 36.4 Å². The maximum absolute atomic E-state index is 2.26. The van der Waals surface area contributed by atoms with Crippen LogP contribution >= 0.6 is 0 Å². The van der Waals surface area contributed by atoms with Gasteiger partial charge in [-0.2, -0.15) is 6.07 Å². The molecule has 3 heteroatoms. The minimum atomic E-state index is 0. The Morgan fingerprint density at radius 1 is 1.14 bits per heavy atom. The van der Waals surface area contributed by atoms with Gasteiger partial charge in [0.05, 0.1) is 0 Å². The van der Waals surface area contributed by atoms with E-state index in [1.165, 1.54) is 16.3 Å². The van der Waals surface area contributed by atoms with Gasteiger partial charge in [-0.15, -0.1) is 40.6 Å². The third-order valence-corrected chi connectivity index (χ3v) is 2.09. The molecule has 14 heavy (non-hydrogen) atoms. The molecule has 0 amide bonds. The molecule has 0 spiro atoms. The Hall–Kier alpha value is -0.440. The molecule has 76 valence electrons. The second-order valence-electron chi connectivity index (χ2n) is 2.85. The van der Waals surface area contributed by atoms with Gasteiger partial charge in [-0.1, -0.05) is 13.0 Å². The van der Waals surface area contributed by atoms with Gasteiger partial charge in [0, 0.05) is 25.8 Å². The van der Waals surface area contributed by atoms with E-state index in [1.807, 2.05) is 0 Å². The first-order chi connectivity index (χ1) is 5.40. The number of hydrogen-bond acceptors (Lipinski definition) is 0. The van der Waals surface area contributed by atoms with Gasteiger partial charge in [-0.3, -0.25) is 0 Å². The molecule has 0 aliphatic heterocycles. The van der Waals surface area contributed by atoms with Crippen LogP contribution in [-0.2, 0) is 32.3 Å². The first-order valence-electron chi connectivity index (χ1n) is 4.04. The first kappa shape index (κ1) is 16.0. The van der Waals surface area contributed by atoms with Crippen LogP contribution in [0.2, 0.25) is 0 Å². The van der Waals surface area contributed by atoms with Crippen molar-refractivity contribution in [3.63, 3.8) is 0 Å². The minimum Gasteiger partial charge on any atom is -1.00 e. The van der Waals surface area contributed by atoms with Crippen molar-refractivity contribution >= 4 is 10.8 Å². The van der Waals surface area contributed by atoms with E-state index < -0.39 is 0 Å². The molecule has 2 aromatic carbocycles. The van der Waals surface area contributed by atoms with Crippen molar-refractivity contribution in [3.8, 4) is 0 Å². The summed E-state index contributed by atoms with van der Waals surface area (Å²) in [5.74, 6) is 0. The van der Waals surface area contributed by atoms with Crippen molar-refractivity contribution in [1.82, 2.24) is 0 Å². The van der Waals surface area contributed by atoms with Crippen LogP contribution in [0.3, 0.4) is 0 Å². The molecule has 0 bridgehead atoms.